The molecule has 1 atom stereocenters. The van der Waals surface area contributed by atoms with E-state index in [9.17, 15) is 4.79 Å². The first-order valence-electron chi connectivity index (χ1n) is 6.64. The molecule has 1 unspecified atom stereocenters. The number of likely N-dealkylation sites (N-methyl/N-ethyl adjacent to an activating group) is 1. The second-order valence-corrected chi connectivity index (χ2v) is 4.64. The molecule has 1 heterocycles. The third-order valence-corrected chi connectivity index (χ3v) is 3.58. The van der Waals surface area contributed by atoms with Gasteiger partial charge in [0.25, 0.3) is 0 Å². The van der Waals surface area contributed by atoms with Crippen molar-refractivity contribution in [3.63, 3.8) is 0 Å². The third-order valence-electron chi connectivity index (χ3n) is 3.58. The number of para-hydroxylation sites is 1. The molecule has 0 bridgehead atoms. The van der Waals surface area contributed by atoms with E-state index in [0.717, 1.165) is 23.0 Å². The number of nitrogens with one attached hydrogen (secondary N) is 1. The minimum atomic E-state index is -0.226. The third kappa shape index (κ3) is 2.69. The zero-order valence-corrected chi connectivity index (χ0v) is 11.4. The summed E-state index contributed by atoms with van der Waals surface area (Å²) in [6.45, 7) is 5.22. The fraction of sp³-hybridized carbons (Fsp3) is 0.400. The molecule has 0 saturated heterocycles. The summed E-state index contributed by atoms with van der Waals surface area (Å²) < 4.78 is 0. The smallest absolute Gasteiger partial charge is 0.181 e. The Morgan fingerprint density at radius 2 is 2.16 bits per heavy atom. The second-order valence-electron chi connectivity index (χ2n) is 4.64. The van der Waals surface area contributed by atoms with Gasteiger partial charge in [0.15, 0.2) is 5.78 Å². The normalized spacial score (nSPS) is 13.1. The van der Waals surface area contributed by atoms with Crippen molar-refractivity contribution in [3.05, 3.63) is 36.0 Å². The highest BCUT2D eigenvalue weighted by atomic mass is 16.3. The molecule has 1 aromatic carbocycles. The Labute approximate surface area is 113 Å². The van der Waals surface area contributed by atoms with Crippen molar-refractivity contribution in [1.29, 1.82) is 0 Å². The Balaban J connectivity index is 2.28. The van der Waals surface area contributed by atoms with Crippen molar-refractivity contribution < 1.29 is 9.90 Å². The maximum atomic E-state index is 12.6. The lowest BCUT2D eigenvalue weighted by Crippen LogP contribution is -2.40. The highest BCUT2D eigenvalue weighted by Gasteiger charge is 2.23. The zero-order valence-electron chi connectivity index (χ0n) is 11.4. The van der Waals surface area contributed by atoms with E-state index in [2.05, 4.69) is 4.98 Å². The van der Waals surface area contributed by atoms with Crippen molar-refractivity contribution in [3.8, 4) is 0 Å². The number of Topliss-reactive ketones (excluding diaryl/α,β-unsaturated/α-hetero) is 1. The number of benzene rings is 1. The minimum absolute atomic E-state index is 0.0688. The first kappa shape index (κ1) is 13.8. The molecule has 0 aliphatic rings. The van der Waals surface area contributed by atoms with Crippen LogP contribution in [0.3, 0.4) is 0 Å². The lowest BCUT2D eigenvalue weighted by atomic mass is 10.0. The van der Waals surface area contributed by atoms with E-state index in [1.165, 1.54) is 0 Å². The fourth-order valence-corrected chi connectivity index (χ4v) is 2.42. The summed E-state index contributed by atoms with van der Waals surface area (Å²) in [6, 6.07) is 7.57. The number of hydrogen-bond donors (Lipinski definition) is 2. The Morgan fingerprint density at radius 3 is 2.84 bits per heavy atom. The van der Waals surface area contributed by atoms with Gasteiger partial charge in [-0.2, -0.15) is 0 Å². The first-order chi connectivity index (χ1) is 9.19. The number of aliphatic hydroxyl groups is 1. The molecule has 0 aliphatic carbocycles. The lowest BCUT2D eigenvalue weighted by molar-refractivity contribution is 0.0819. The second kappa shape index (κ2) is 5.99. The van der Waals surface area contributed by atoms with Crippen molar-refractivity contribution in [2.24, 2.45) is 0 Å². The summed E-state index contributed by atoms with van der Waals surface area (Å²) in [5.41, 5.74) is 1.70. The highest BCUT2D eigenvalue weighted by molar-refractivity contribution is 6.10. The molecule has 0 saturated carbocycles. The van der Waals surface area contributed by atoms with Crippen LogP contribution in [0, 0.1) is 0 Å². The molecule has 4 nitrogen and oxygen atoms in total. The van der Waals surface area contributed by atoms with Crippen LogP contribution in [0.25, 0.3) is 10.9 Å². The molecule has 4 heteroatoms. The van der Waals surface area contributed by atoms with Crippen LogP contribution < -0.4 is 0 Å². The van der Waals surface area contributed by atoms with Gasteiger partial charge in [0.2, 0.25) is 0 Å². The number of carbonyl (C=O) groups excluding carboxylic acids is 1. The van der Waals surface area contributed by atoms with Crippen LogP contribution in [0.5, 0.6) is 0 Å². The number of hydrogen-bond acceptors (Lipinski definition) is 3. The van der Waals surface area contributed by atoms with Gasteiger partial charge in [0.05, 0.1) is 12.6 Å². The molecule has 2 rings (SSSR count). The number of ketones is 1. The van der Waals surface area contributed by atoms with E-state index in [1.54, 1.807) is 6.20 Å². The average molecular weight is 260 g/mol. The van der Waals surface area contributed by atoms with Crippen LogP contribution in [0.4, 0.5) is 0 Å². The summed E-state index contributed by atoms with van der Waals surface area (Å²) in [6.07, 6.45) is 1.77. The largest absolute Gasteiger partial charge is 0.395 e. The predicted molar refractivity (Wildman–Crippen MR) is 76.4 cm³/mol. The standard InChI is InChI=1S/C15H20N2O2/c1-3-17(8-9-18)11(2)15(19)13-10-16-14-7-5-4-6-12(13)14/h4-7,10-11,16,18H,3,8-9H2,1-2H3. The lowest BCUT2D eigenvalue weighted by Gasteiger charge is -2.25. The molecule has 0 radical (unpaired) electrons. The summed E-state index contributed by atoms with van der Waals surface area (Å²) in [7, 11) is 0. The van der Waals surface area contributed by atoms with Crippen LogP contribution in [0.1, 0.15) is 24.2 Å². The van der Waals surface area contributed by atoms with Gasteiger partial charge in [-0.3, -0.25) is 9.69 Å². The monoisotopic (exact) mass is 260 g/mol. The van der Waals surface area contributed by atoms with Crippen LogP contribution in [0.15, 0.2) is 30.5 Å². The Kier molecular flexibility index (Phi) is 4.35. The van der Waals surface area contributed by atoms with Crippen LogP contribution in [-0.2, 0) is 0 Å². The zero-order chi connectivity index (χ0) is 13.8. The Hall–Kier alpha value is -1.65. The minimum Gasteiger partial charge on any atom is -0.395 e. The van der Waals surface area contributed by atoms with Crippen LogP contribution in [0.2, 0.25) is 0 Å². The number of fused-ring (bicyclic) bond motifs is 1. The van der Waals surface area contributed by atoms with Gasteiger partial charge in [-0.25, -0.2) is 0 Å². The molecule has 2 N–H and O–H groups in total. The van der Waals surface area contributed by atoms with Crippen LogP contribution >= 0.6 is 0 Å². The number of H-pyrrole nitrogens is 1. The molecule has 0 aliphatic heterocycles. The molecule has 102 valence electrons. The van der Waals surface area contributed by atoms with E-state index >= 15 is 0 Å². The summed E-state index contributed by atoms with van der Waals surface area (Å²) >= 11 is 0. The SMILES string of the molecule is CCN(CCO)C(C)C(=O)c1c[nH]c2ccccc12. The maximum Gasteiger partial charge on any atom is 0.181 e. The van der Waals surface area contributed by atoms with Gasteiger partial charge in [-0.1, -0.05) is 25.1 Å². The van der Waals surface area contributed by atoms with Crippen molar-refractivity contribution in [2.75, 3.05) is 19.7 Å². The van der Waals surface area contributed by atoms with Gasteiger partial charge >= 0.3 is 0 Å². The number of carbonyl (C=O) groups is 1. The van der Waals surface area contributed by atoms with Gasteiger partial charge in [0, 0.05) is 29.2 Å². The van der Waals surface area contributed by atoms with Crippen LogP contribution in [-0.4, -0.2) is 46.5 Å². The Morgan fingerprint density at radius 1 is 1.42 bits per heavy atom. The molecule has 19 heavy (non-hydrogen) atoms. The fourth-order valence-electron chi connectivity index (χ4n) is 2.42. The molecule has 0 fully saturated rings. The van der Waals surface area contributed by atoms with Crippen molar-refractivity contribution in [2.45, 2.75) is 19.9 Å². The number of nitrogens with zero attached hydrogens (tertiary/aromatic N) is 1. The van der Waals surface area contributed by atoms with Crippen molar-refractivity contribution in [1.82, 2.24) is 9.88 Å². The van der Waals surface area contributed by atoms with E-state index in [1.807, 2.05) is 43.0 Å². The molecular formula is C15H20N2O2. The first-order valence-corrected chi connectivity index (χ1v) is 6.64. The molecule has 0 amide bonds. The van der Waals surface area contributed by atoms with Gasteiger partial charge in [-0.05, 0) is 19.5 Å². The summed E-state index contributed by atoms with van der Waals surface area (Å²) in [4.78, 5) is 17.7. The van der Waals surface area contributed by atoms with Gasteiger partial charge < -0.3 is 10.1 Å². The number of rotatable bonds is 6. The van der Waals surface area contributed by atoms with Gasteiger partial charge in [0.1, 0.15) is 0 Å². The molecule has 2 aromatic rings. The summed E-state index contributed by atoms with van der Waals surface area (Å²) in [5.74, 6) is 0.0905. The molecular weight excluding hydrogens is 240 g/mol. The summed E-state index contributed by atoms with van der Waals surface area (Å²) in [5, 5.41) is 10.00. The Bertz CT molecular complexity index is 562. The van der Waals surface area contributed by atoms with E-state index in [0.29, 0.717) is 6.54 Å². The highest BCUT2D eigenvalue weighted by Crippen LogP contribution is 2.20. The van der Waals surface area contributed by atoms with E-state index in [-0.39, 0.29) is 18.4 Å². The molecule has 1 aromatic heterocycles. The van der Waals surface area contributed by atoms with Gasteiger partial charge in [-0.15, -0.1) is 0 Å². The van der Waals surface area contributed by atoms with E-state index in [4.69, 9.17) is 5.11 Å². The predicted octanol–water partition coefficient (Wildman–Crippen LogP) is 2.05. The number of aromatic nitrogens is 1. The quantitative estimate of drug-likeness (QED) is 0.782. The topological polar surface area (TPSA) is 56.3 Å². The average Bonchev–Trinajstić information content (AvgIpc) is 2.87. The van der Waals surface area contributed by atoms with Crippen molar-refractivity contribution >= 4 is 16.7 Å². The molecule has 0 spiro atoms. The number of aromatic amines is 1. The van der Waals surface area contributed by atoms with E-state index < -0.39 is 0 Å². The number of aliphatic hydroxyl groups excluding tert-OH is 1. The maximum absolute atomic E-state index is 12.6.